The van der Waals surface area contributed by atoms with Crippen molar-refractivity contribution in [3.8, 4) is 17.2 Å². The molecule has 0 aliphatic heterocycles. The Labute approximate surface area is 160 Å². The van der Waals surface area contributed by atoms with E-state index in [0.717, 1.165) is 11.1 Å². The number of nitrogens with zero attached hydrogens (tertiary/aromatic N) is 1. The molecule has 146 valence electrons. The number of ether oxygens (including phenoxy) is 3. The molecule has 2 aromatic carbocycles. The molecule has 0 heterocycles. The lowest BCUT2D eigenvalue weighted by Crippen LogP contribution is -2.18. The smallest absolute Gasteiger partial charge is 0.276 e. The Hall–Kier alpha value is -2.74. The van der Waals surface area contributed by atoms with Crippen molar-refractivity contribution in [2.24, 2.45) is 5.10 Å². The Balaban J connectivity index is 2.25. The van der Waals surface area contributed by atoms with E-state index in [1.807, 2.05) is 20.8 Å². The van der Waals surface area contributed by atoms with Gasteiger partial charge in [-0.25, -0.2) is 4.83 Å². The van der Waals surface area contributed by atoms with Gasteiger partial charge in [0.2, 0.25) is 5.75 Å². The molecule has 1 N–H and O–H groups in total. The Morgan fingerprint density at radius 3 is 2.19 bits per heavy atom. The van der Waals surface area contributed by atoms with Crippen LogP contribution in [0.3, 0.4) is 0 Å². The number of hydrazone groups is 1. The van der Waals surface area contributed by atoms with Crippen molar-refractivity contribution in [3.63, 3.8) is 0 Å². The largest absolute Gasteiger partial charge is 0.493 e. The number of sulfonamides is 1. The normalized spacial score (nSPS) is 11.4. The molecule has 0 aliphatic carbocycles. The van der Waals surface area contributed by atoms with Gasteiger partial charge in [-0.1, -0.05) is 6.07 Å². The van der Waals surface area contributed by atoms with E-state index in [-0.39, 0.29) is 4.90 Å². The third-order valence-corrected chi connectivity index (χ3v) is 5.17. The SMILES string of the molecule is CCOc1c(OC)cc(/C=N/NS(=O)(=O)c2ccc(C)c(C)c2)cc1OC. The van der Waals surface area contributed by atoms with Gasteiger partial charge in [0, 0.05) is 5.56 Å². The van der Waals surface area contributed by atoms with Crippen LogP contribution in [0.15, 0.2) is 40.3 Å². The van der Waals surface area contributed by atoms with E-state index in [0.29, 0.717) is 29.4 Å². The molecule has 27 heavy (non-hydrogen) atoms. The zero-order valence-electron chi connectivity index (χ0n) is 16.1. The fraction of sp³-hybridized carbons (Fsp3) is 0.316. The van der Waals surface area contributed by atoms with Crippen LogP contribution in [-0.4, -0.2) is 35.5 Å². The van der Waals surface area contributed by atoms with Gasteiger partial charge in [-0.3, -0.25) is 0 Å². The molecule has 2 rings (SSSR count). The Bertz CT molecular complexity index is 914. The summed E-state index contributed by atoms with van der Waals surface area (Å²) in [6.07, 6.45) is 1.37. The molecule has 0 unspecified atom stereocenters. The van der Waals surface area contributed by atoms with Gasteiger partial charge in [0.25, 0.3) is 10.0 Å². The summed E-state index contributed by atoms with van der Waals surface area (Å²) in [7, 11) is -0.724. The average Bonchev–Trinajstić information content (AvgIpc) is 2.64. The van der Waals surface area contributed by atoms with Crippen molar-refractivity contribution in [2.45, 2.75) is 25.7 Å². The number of methoxy groups -OCH3 is 2. The summed E-state index contributed by atoms with van der Waals surface area (Å²) in [4.78, 5) is 2.37. The third-order valence-electron chi connectivity index (χ3n) is 3.95. The maximum Gasteiger partial charge on any atom is 0.276 e. The fourth-order valence-corrected chi connectivity index (χ4v) is 3.24. The van der Waals surface area contributed by atoms with E-state index in [4.69, 9.17) is 14.2 Å². The molecule has 0 atom stereocenters. The summed E-state index contributed by atoms with van der Waals surface area (Å²) in [5.74, 6) is 1.42. The summed E-state index contributed by atoms with van der Waals surface area (Å²) in [5, 5.41) is 3.85. The van der Waals surface area contributed by atoms with Crippen molar-refractivity contribution in [1.29, 1.82) is 0 Å². The lowest BCUT2D eigenvalue weighted by molar-refractivity contribution is 0.288. The minimum atomic E-state index is -3.75. The standard InChI is InChI=1S/C19H24N2O5S/c1-6-26-19-17(24-4)10-15(11-18(19)25-5)12-20-21-27(22,23)16-8-7-13(2)14(3)9-16/h7-12,21H,6H2,1-5H3/b20-12+. The van der Waals surface area contributed by atoms with Gasteiger partial charge in [0.15, 0.2) is 11.5 Å². The average molecular weight is 392 g/mol. The molecule has 0 saturated heterocycles. The molecule has 0 radical (unpaired) electrons. The highest BCUT2D eigenvalue weighted by atomic mass is 32.2. The number of hydrogen-bond donors (Lipinski definition) is 1. The summed E-state index contributed by atoms with van der Waals surface area (Å²) in [6.45, 7) is 6.09. The van der Waals surface area contributed by atoms with Crippen molar-refractivity contribution in [3.05, 3.63) is 47.0 Å². The molecule has 0 amide bonds. The van der Waals surface area contributed by atoms with Crippen LogP contribution >= 0.6 is 0 Å². The van der Waals surface area contributed by atoms with E-state index >= 15 is 0 Å². The monoisotopic (exact) mass is 392 g/mol. The highest BCUT2D eigenvalue weighted by Gasteiger charge is 2.15. The molecule has 0 bridgehead atoms. The molecule has 0 spiro atoms. The van der Waals surface area contributed by atoms with Crippen LogP contribution in [0.4, 0.5) is 0 Å². The molecule has 0 aliphatic rings. The molecule has 0 fully saturated rings. The predicted molar refractivity (Wildman–Crippen MR) is 105 cm³/mol. The molecule has 0 aromatic heterocycles. The van der Waals surface area contributed by atoms with E-state index in [1.165, 1.54) is 20.4 Å². The van der Waals surface area contributed by atoms with Crippen molar-refractivity contribution in [1.82, 2.24) is 4.83 Å². The molecule has 0 saturated carbocycles. The van der Waals surface area contributed by atoms with Crippen molar-refractivity contribution < 1.29 is 22.6 Å². The molecule has 8 heteroatoms. The second-order valence-corrected chi connectivity index (χ2v) is 7.45. The van der Waals surface area contributed by atoms with Crippen LogP contribution in [0.25, 0.3) is 0 Å². The number of hydrogen-bond acceptors (Lipinski definition) is 6. The Morgan fingerprint density at radius 2 is 1.67 bits per heavy atom. The summed E-state index contributed by atoms with van der Waals surface area (Å²) in [5.41, 5.74) is 2.50. The van der Waals surface area contributed by atoms with Crippen LogP contribution in [0.2, 0.25) is 0 Å². The quantitative estimate of drug-likeness (QED) is 0.551. The minimum Gasteiger partial charge on any atom is -0.493 e. The predicted octanol–water partition coefficient (Wildman–Crippen LogP) is 3.03. The summed E-state index contributed by atoms with van der Waals surface area (Å²) in [6, 6.07) is 8.28. The first-order chi connectivity index (χ1) is 12.8. The highest BCUT2D eigenvalue weighted by Crippen LogP contribution is 2.38. The highest BCUT2D eigenvalue weighted by molar-refractivity contribution is 7.89. The number of aryl methyl sites for hydroxylation is 2. The first-order valence-electron chi connectivity index (χ1n) is 8.33. The zero-order valence-corrected chi connectivity index (χ0v) is 16.9. The lowest BCUT2D eigenvalue weighted by atomic mass is 10.1. The van der Waals surface area contributed by atoms with Crippen molar-refractivity contribution in [2.75, 3.05) is 20.8 Å². The van der Waals surface area contributed by atoms with Crippen LogP contribution in [-0.2, 0) is 10.0 Å². The van der Waals surface area contributed by atoms with Crippen LogP contribution in [0.1, 0.15) is 23.6 Å². The van der Waals surface area contributed by atoms with E-state index < -0.39 is 10.0 Å². The summed E-state index contributed by atoms with van der Waals surface area (Å²) < 4.78 is 40.9. The summed E-state index contributed by atoms with van der Waals surface area (Å²) >= 11 is 0. The lowest BCUT2D eigenvalue weighted by Gasteiger charge is -2.14. The van der Waals surface area contributed by atoms with Gasteiger partial charge in [0.05, 0.1) is 31.9 Å². The van der Waals surface area contributed by atoms with Gasteiger partial charge in [-0.2, -0.15) is 13.5 Å². The first kappa shape index (κ1) is 20.6. The van der Waals surface area contributed by atoms with Gasteiger partial charge in [-0.15, -0.1) is 0 Å². The Morgan fingerprint density at radius 1 is 1.04 bits per heavy atom. The topological polar surface area (TPSA) is 86.2 Å². The van der Waals surface area contributed by atoms with E-state index in [1.54, 1.807) is 30.3 Å². The van der Waals surface area contributed by atoms with Gasteiger partial charge >= 0.3 is 0 Å². The van der Waals surface area contributed by atoms with Crippen LogP contribution in [0, 0.1) is 13.8 Å². The van der Waals surface area contributed by atoms with Gasteiger partial charge in [0.1, 0.15) is 0 Å². The van der Waals surface area contributed by atoms with Gasteiger partial charge < -0.3 is 14.2 Å². The minimum absolute atomic E-state index is 0.157. The molecule has 2 aromatic rings. The second kappa shape index (κ2) is 8.77. The molecular weight excluding hydrogens is 368 g/mol. The number of benzene rings is 2. The Kier molecular flexibility index (Phi) is 6.68. The maximum absolute atomic E-state index is 12.4. The van der Waals surface area contributed by atoms with Gasteiger partial charge in [-0.05, 0) is 56.2 Å². The zero-order chi connectivity index (χ0) is 20.0. The molecule has 7 nitrogen and oxygen atoms in total. The van der Waals surface area contributed by atoms with Crippen LogP contribution < -0.4 is 19.0 Å². The fourth-order valence-electron chi connectivity index (χ4n) is 2.37. The van der Waals surface area contributed by atoms with E-state index in [9.17, 15) is 8.42 Å². The second-order valence-electron chi connectivity index (χ2n) is 5.79. The van der Waals surface area contributed by atoms with Crippen LogP contribution in [0.5, 0.6) is 17.2 Å². The van der Waals surface area contributed by atoms with E-state index in [2.05, 4.69) is 9.93 Å². The first-order valence-corrected chi connectivity index (χ1v) is 9.81. The third kappa shape index (κ3) is 4.91. The number of nitrogens with one attached hydrogen (secondary N) is 1. The maximum atomic E-state index is 12.4. The number of rotatable bonds is 8. The molecular formula is C19H24N2O5S. The van der Waals surface area contributed by atoms with Crippen molar-refractivity contribution >= 4 is 16.2 Å².